The molecule has 0 saturated carbocycles. The van der Waals surface area contributed by atoms with Crippen LogP contribution < -0.4 is 0 Å². The first-order chi connectivity index (χ1) is 7.29. The van der Waals surface area contributed by atoms with Crippen LogP contribution in [0.25, 0.3) is 0 Å². The number of hydrogen-bond acceptors (Lipinski definition) is 3. The summed E-state index contributed by atoms with van der Waals surface area (Å²) in [6, 6.07) is 1.64. The van der Waals surface area contributed by atoms with E-state index in [4.69, 9.17) is 5.11 Å². The lowest BCUT2D eigenvalue weighted by Crippen LogP contribution is -2.11. The van der Waals surface area contributed by atoms with E-state index in [2.05, 4.69) is 0 Å². The molecule has 0 aliphatic rings. The van der Waals surface area contributed by atoms with Gasteiger partial charge in [-0.2, -0.15) is 13.2 Å². The van der Waals surface area contributed by atoms with Crippen molar-refractivity contribution in [2.24, 2.45) is 0 Å². The summed E-state index contributed by atoms with van der Waals surface area (Å²) in [4.78, 5) is 9.50. The lowest BCUT2D eigenvalue weighted by atomic mass is 10.0. The molecule has 0 fully saturated rings. The Morgan fingerprint density at radius 2 is 2.00 bits per heavy atom. The summed E-state index contributed by atoms with van der Waals surface area (Å²) in [5, 5.41) is 19.4. The second kappa shape index (κ2) is 4.09. The normalized spacial score (nSPS) is 11.6. The molecule has 0 aromatic heterocycles. The Labute approximate surface area is 88.5 Å². The predicted molar refractivity (Wildman–Crippen MR) is 48.8 cm³/mol. The highest BCUT2D eigenvalue weighted by Gasteiger charge is 2.39. The van der Waals surface area contributed by atoms with Crippen LogP contribution in [0.1, 0.15) is 16.7 Å². The van der Waals surface area contributed by atoms with Gasteiger partial charge in [0.25, 0.3) is 5.69 Å². The van der Waals surface area contributed by atoms with Gasteiger partial charge in [0.2, 0.25) is 0 Å². The van der Waals surface area contributed by atoms with Gasteiger partial charge in [0.15, 0.2) is 0 Å². The fraction of sp³-hybridized carbons (Fsp3) is 0.333. The summed E-state index contributed by atoms with van der Waals surface area (Å²) in [7, 11) is 0. The third-order valence-electron chi connectivity index (χ3n) is 2.20. The molecule has 0 amide bonds. The van der Waals surface area contributed by atoms with E-state index < -0.39 is 29.0 Å². The number of halogens is 3. The fourth-order valence-corrected chi connectivity index (χ4v) is 1.38. The van der Waals surface area contributed by atoms with E-state index in [1.807, 2.05) is 0 Å². The van der Waals surface area contributed by atoms with Crippen LogP contribution in [0.5, 0.6) is 0 Å². The van der Waals surface area contributed by atoms with Crippen molar-refractivity contribution in [1.82, 2.24) is 0 Å². The molecular formula is C9H8F3NO3. The number of benzene rings is 1. The smallest absolute Gasteiger partial charge is 0.392 e. The van der Waals surface area contributed by atoms with Gasteiger partial charge in [-0.3, -0.25) is 10.1 Å². The van der Waals surface area contributed by atoms with Crippen LogP contribution >= 0.6 is 0 Å². The monoisotopic (exact) mass is 235 g/mol. The van der Waals surface area contributed by atoms with E-state index in [0.717, 1.165) is 6.07 Å². The van der Waals surface area contributed by atoms with E-state index in [1.165, 1.54) is 6.92 Å². The summed E-state index contributed by atoms with van der Waals surface area (Å²) in [5.41, 5.74) is -2.35. The molecule has 1 aromatic carbocycles. The van der Waals surface area contributed by atoms with Gasteiger partial charge < -0.3 is 5.11 Å². The van der Waals surface area contributed by atoms with Crippen molar-refractivity contribution in [2.75, 3.05) is 0 Å². The number of rotatable bonds is 2. The van der Waals surface area contributed by atoms with Gasteiger partial charge in [-0.1, -0.05) is 6.07 Å². The van der Waals surface area contributed by atoms with Crippen molar-refractivity contribution in [3.05, 3.63) is 38.9 Å². The molecule has 7 heteroatoms. The van der Waals surface area contributed by atoms with Gasteiger partial charge in [0, 0.05) is 5.56 Å². The van der Waals surface area contributed by atoms with Crippen molar-refractivity contribution < 1.29 is 23.2 Å². The molecule has 0 aliphatic heterocycles. The summed E-state index contributed by atoms with van der Waals surface area (Å²) in [6.45, 7) is 0.643. The number of nitro benzene ring substituents is 1. The van der Waals surface area contributed by atoms with Gasteiger partial charge in [-0.25, -0.2) is 0 Å². The molecule has 4 nitrogen and oxygen atoms in total. The van der Waals surface area contributed by atoms with E-state index in [0.29, 0.717) is 6.07 Å². The second-order valence-corrected chi connectivity index (χ2v) is 3.16. The van der Waals surface area contributed by atoms with Crippen molar-refractivity contribution in [2.45, 2.75) is 19.7 Å². The fourth-order valence-electron chi connectivity index (χ4n) is 1.38. The molecular weight excluding hydrogens is 227 g/mol. The largest absolute Gasteiger partial charge is 0.423 e. The van der Waals surface area contributed by atoms with E-state index in [1.54, 1.807) is 0 Å². The summed E-state index contributed by atoms with van der Waals surface area (Å²) >= 11 is 0. The lowest BCUT2D eigenvalue weighted by Gasteiger charge is -2.11. The van der Waals surface area contributed by atoms with Crippen LogP contribution in [0.3, 0.4) is 0 Å². The Hall–Kier alpha value is -1.63. The Morgan fingerprint density at radius 3 is 2.38 bits per heavy atom. The highest BCUT2D eigenvalue weighted by Crippen LogP contribution is 2.38. The highest BCUT2D eigenvalue weighted by atomic mass is 19.4. The second-order valence-electron chi connectivity index (χ2n) is 3.16. The molecule has 0 spiro atoms. The Balaban J connectivity index is 3.53. The summed E-state index contributed by atoms with van der Waals surface area (Å²) in [5.74, 6) is 0. The number of aliphatic hydroxyl groups excluding tert-OH is 1. The average molecular weight is 235 g/mol. The molecule has 16 heavy (non-hydrogen) atoms. The number of alkyl halides is 3. The molecule has 0 radical (unpaired) electrons. The van der Waals surface area contributed by atoms with Crippen LogP contribution in [0.4, 0.5) is 18.9 Å². The lowest BCUT2D eigenvalue weighted by molar-refractivity contribution is -0.388. The topological polar surface area (TPSA) is 63.4 Å². The Morgan fingerprint density at radius 1 is 1.44 bits per heavy atom. The first-order valence-corrected chi connectivity index (χ1v) is 4.24. The predicted octanol–water partition coefficient (Wildman–Crippen LogP) is 2.41. The highest BCUT2D eigenvalue weighted by molar-refractivity contribution is 5.52. The standard InChI is InChI=1S/C9H8F3NO3/c1-5-6(4-14)2-3-7(9(10,11)12)8(5)13(15)16/h2-3,14H,4H2,1H3. The SMILES string of the molecule is Cc1c(CO)ccc(C(F)(F)F)c1[N+](=O)[O-]. The minimum absolute atomic E-state index is 0.111. The third kappa shape index (κ3) is 2.13. The Kier molecular flexibility index (Phi) is 3.18. The molecule has 88 valence electrons. The minimum atomic E-state index is -4.78. The zero-order valence-corrected chi connectivity index (χ0v) is 8.21. The summed E-state index contributed by atoms with van der Waals surface area (Å²) in [6.07, 6.45) is -4.78. The van der Waals surface area contributed by atoms with Crippen molar-refractivity contribution in [1.29, 1.82) is 0 Å². The maximum absolute atomic E-state index is 12.5. The third-order valence-corrected chi connectivity index (χ3v) is 2.20. The molecule has 1 rings (SSSR count). The van der Waals surface area contributed by atoms with Crippen molar-refractivity contribution >= 4 is 5.69 Å². The number of nitrogens with zero attached hydrogens (tertiary/aromatic N) is 1. The maximum atomic E-state index is 12.5. The van der Waals surface area contributed by atoms with Crippen LogP contribution in [0.15, 0.2) is 12.1 Å². The molecule has 0 heterocycles. The van der Waals surface area contributed by atoms with Gasteiger partial charge in [-0.15, -0.1) is 0 Å². The van der Waals surface area contributed by atoms with Crippen molar-refractivity contribution in [3.63, 3.8) is 0 Å². The molecule has 1 N–H and O–H groups in total. The quantitative estimate of drug-likeness (QED) is 0.632. The van der Waals surface area contributed by atoms with Gasteiger partial charge >= 0.3 is 6.18 Å². The van der Waals surface area contributed by atoms with Gasteiger partial charge in [0.1, 0.15) is 5.56 Å². The first kappa shape index (κ1) is 12.4. The Bertz CT molecular complexity index is 429. The number of nitro groups is 1. The molecule has 0 atom stereocenters. The zero-order chi connectivity index (χ0) is 12.5. The molecule has 0 unspecified atom stereocenters. The molecule has 0 saturated heterocycles. The van der Waals surface area contributed by atoms with Crippen molar-refractivity contribution in [3.8, 4) is 0 Å². The number of aliphatic hydroxyl groups is 1. The van der Waals surface area contributed by atoms with Crippen LogP contribution in [0, 0.1) is 17.0 Å². The average Bonchev–Trinajstić information content (AvgIpc) is 2.15. The maximum Gasteiger partial charge on any atom is 0.423 e. The van der Waals surface area contributed by atoms with Gasteiger partial charge in [0.05, 0.1) is 11.5 Å². The minimum Gasteiger partial charge on any atom is -0.392 e. The van der Waals surface area contributed by atoms with E-state index in [-0.39, 0.29) is 11.1 Å². The molecule has 0 bridgehead atoms. The molecule has 0 aliphatic carbocycles. The summed E-state index contributed by atoms with van der Waals surface area (Å²) < 4.78 is 37.4. The zero-order valence-electron chi connectivity index (χ0n) is 8.21. The van der Waals surface area contributed by atoms with Gasteiger partial charge in [-0.05, 0) is 18.6 Å². The van der Waals surface area contributed by atoms with E-state index >= 15 is 0 Å². The first-order valence-electron chi connectivity index (χ1n) is 4.24. The number of hydrogen-bond donors (Lipinski definition) is 1. The van der Waals surface area contributed by atoms with Crippen LogP contribution in [0.2, 0.25) is 0 Å². The van der Waals surface area contributed by atoms with E-state index in [9.17, 15) is 23.3 Å². The van der Waals surface area contributed by atoms with Crippen LogP contribution in [-0.4, -0.2) is 10.0 Å². The molecule has 1 aromatic rings. The van der Waals surface area contributed by atoms with Crippen LogP contribution in [-0.2, 0) is 12.8 Å².